The zero-order chi connectivity index (χ0) is 11.8. The smallest absolute Gasteiger partial charge is 0.238 e. The molecule has 0 unspecified atom stereocenters. The summed E-state index contributed by atoms with van der Waals surface area (Å²) in [4.78, 5) is 11.5. The lowest BCUT2D eigenvalue weighted by Gasteiger charge is -2.06. The topological polar surface area (TPSA) is 50.4 Å². The molecule has 0 aliphatic rings. The van der Waals surface area contributed by atoms with Crippen LogP contribution in [0.1, 0.15) is 0 Å². The van der Waals surface area contributed by atoms with Gasteiger partial charge in [0.1, 0.15) is 0 Å². The number of nitrogens with one attached hydrogen (secondary N) is 2. The summed E-state index contributed by atoms with van der Waals surface area (Å²) in [6.45, 7) is 1.58. The average Bonchev–Trinajstić information content (AvgIpc) is 2.24. The Morgan fingerprint density at radius 1 is 1.47 bits per heavy atom. The number of carbonyl (C=O) groups is 1. The highest BCUT2D eigenvalue weighted by Crippen LogP contribution is 2.11. The van der Waals surface area contributed by atoms with Crippen LogP contribution in [0.3, 0.4) is 0 Å². The van der Waals surface area contributed by atoms with Gasteiger partial charge in [-0.05, 0) is 40.8 Å². The van der Waals surface area contributed by atoms with Crippen molar-refractivity contribution < 1.29 is 9.53 Å². The molecule has 1 rings (SSSR count). The maximum atomic E-state index is 11.5. The summed E-state index contributed by atoms with van der Waals surface area (Å²) in [5.41, 5.74) is 0.824. The summed E-state index contributed by atoms with van der Waals surface area (Å²) in [7, 11) is 1.63. The minimum absolute atomic E-state index is 0. The molecule has 6 heteroatoms. The van der Waals surface area contributed by atoms with Crippen molar-refractivity contribution in [2.24, 2.45) is 0 Å². The average molecular weight is 371 g/mol. The van der Waals surface area contributed by atoms with Crippen LogP contribution in [-0.4, -0.2) is 32.7 Å². The summed E-state index contributed by atoms with van der Waals surface area (Å²) in [6, 6.07) is 7.69. The van der Waals surface area contributed by atoms with Gasteiger partial charge in [0.05, 0.1) is 13.2 Å². The van der Waals surface area contributed by atoms with Crippen LogP contribution >= 0.6 is 35.0 Å². The molecule has 0 saturated carbocycles. The first-order valence-electron chi connectivity index (χ1n) is 4.97. The molecule has 0 radical (unpaired) electrons. The molecule has 1 amide bonds. The SMILES string of the molecule is COCCNCC(=O)Nc1cccc(I)c1.Cl. The van der Waals surface area contributed by atoms with Crippen LogP contribution in [0.15, 0.2) is 24.3 Å². The van der Waals surface area contributed by atoms with Crippen molar-refractivity contribution in [3.63, 3.8) is 0 Å². The Labute approximate surface area is 121 Å². The second kappa shape index (κ2) is 9.64. The largest absolute Gasteiger partial charge is 0.383 e. The molecule has 4 nitrogen and oxygen atoms in total. The number of hydrogen-bond acceptors (Lipinski definition) is 3. The van der Waals surface area contributed by atoms with E-state index < -0.39 is 0 Å². The molecule has 0 aliphatic heterocycles. The Bertz CT molecular complexity index is 350. The lowest BCUT2D eigenvalue weighted by molar-refractivity contribution is -0.115. The van der Waals surface area contributed by atoms with Crippen LogP contribution < -0.4 is 10.6 Å². The third-order valence-electron chi connectivity index (χ3n) is 1.88. The molecule has 1 aromatic rings. The van der Waals surface area contributed by atoms with E-state index in [1.165, 1.54) is 0 Å². The number of amides is 1. The Morgan fingerprint density at radius 3 is 2.88 bits per heavy atom. The first kappa shape index (κ1) is 16.6. The van der Waals surface area contributed by atoms with E-state index in [4.69, 9.17) is 4.74 Å². The first-order chi connectivity index (χ1) is 7.72. The fourth-order valence-electron chi connectivity index (χ4n) is 1.15. The van der Waals surface area contributed by atoms with Gasteiger partial charge in [-0.1, -0.05) is 6.07 Å². The van der Waals surface area contributed by atoms with Crippen LogP contribution in [0.4, 0.5) is 5.69 Å². The zero-order valence-electron chi connectivity index (χ0n) is 9.53. The van der Waals surface area contributed by atoms with Gasteiger partial charge < -0.3 is 15.4 Å². The Morgan fingerprint density at radius 2 is 2.24 bits per heavy atom. The van der Waals surface area contributed by atoms with Gasteiger partial charge in [-0.2, -0.15) is 0 Å². The minimum Gasteiger partial charge on any atom is -0.383 e. The molecule has 0 spiro atoms. The monoisotopic (exact) mass is 370 g/mol. The molecular weight excluding hydrogens is 354 g/mol. The third kappa shape index (κ3) is 7.54. The van der Waals surface area contributed by atoms with Crippen molar-refractivity contribution in [2.45, 2.75) is 0 Å². The zero-order valence-corrected chi connectivity index (χ0v) is 12.5. The maximum Gasteiger partial charge on any atom is 0.238 e. The number of benzene rings is 1. The number of rotatable bonds is 6. The van der Waals surface area contributed by atoms with Crippen molar-refractivity contribution in [3.8, 4) is 0 Å². The van der Waals surface area contributed by atoms with Crippen molar-refractivity contribution >= 4 is 46.6 Å². The second-order valence-corrected chi connectivity index (χ2v) is 4.47. The van der Waals surface area contributed by atoms with E-state index in [0.717, 1.165) is 9.26 Å². The van der Waals surface area contributed by atoms with Crippen LogP contribution in [0.2, 0.25) is 0 Å². The highest BCUT2D eigenvalue weighted by Gasteiger charge is 2.01. The van der Waals surface area contributed by atoms with E-state index in [0.29, 0.717) is 19.7 Å². The maximum absolute atomic E-state index is 11.5. The fraction of sp³-hybridized carbons (Fsp3) is 0.364. The van der Waals surface area contributed by atoms with Crippen LogP contribution in [0.25, 0.3) is 0 Å². The number of hydrogen-bond donors (Lipinski definition) is 2. The molecule has 1 aromatic carbocycles. The predicted molar refractivity (Wildman–Crippen MR) is 79.8 cm³/mol. The van der Waals surface area contributed by atoms with Gasteiger partial charge in [-0.25, -0.2) is 0 Å². The molecule has 2 N–H and O–H groups in total. The molecule has 0 saturated heterocycles. The summed E-state index contributed by atoms with van der Waals surface area (Å²) in [6.07, 6.45) is 0. The standard InChI is InChI=1S/C11H15IN2O2.ClH/c1-16-6-5-13-8-11(15)14-10-4-2-3-9(12)7-10;/h2-4,7,13H,5-6,8H2,1H3,(H,14,15);1H. The van der Waals surface area contributed by atoms with Gasteiger partial charge in [0, 0.05) is 22.9 Å². The van der Waals surface area contributed by atoms with Crippen LogP contribution in [0, 0.1) is 3.57 Å². The number of ether oxygens (including phenoxy) is 1. The second-order valence-electron chi connectivity index (χ2n) is 3.23. The Kier molecular flexibility index (Phi) is 9.43. The van der Waals surface area contributed by atoms with Crippen LogP contribution in [0.5, 0.6) is 0 Å². The van der Waals surface area contributed by atoms with Gasteiger partial charge in [0.15, 0.2) is 0 Å². The van der Waals surface area contributed by atoms with Gasteiger partial charge >= 0.3 is 0 Å². The summed E-state index contributed by atoms with van der Waals surface area (Å²) in [5, 5.41) is 5.79. The van der Waals surface area contributed by atoms with Crippen molar-refractivity contribution in [3.05, 3.63) is 27.8 Å². The van der Waals surface area contributed by atoms with Gasteiger partial charge in [-0.3, -0.25) is 4.79 Å². The molecular formula is C11H16ClIN2O2. The summed E-state index contributed by atoms with van der Waals surface area (Å²) in [5.74, 6) is -0.0434. The lowest BCUT2D eigenvalue weighted by Crippen LogP contribution is -2.30. The third-order valence-corrected chi connectivity index (χ3v) is 2.55. The normalized spacial score (nSPS) is 9.53. The Balaban J connectivity index is 0.00000256. The number of halogens is 2. The fourth-order valence-corrected chi connectivity index (χ4v) is 1.69. The molecule has 0 atom stereocenters. The lowest BCUT2D eigenvalue weighted by atomic mass is 10.3. The Hall–Kier alpha value is -0.370. The molecule has 96 valence electrons. The molecule has 0 aromatic heterocycles. The molecule has 0 aliphatic carbocycles. The quantitative estimate of drug-likeness (QED) is 0.594. The molecule has 17 heavy (non-hydrogen) atoms. The molecule has 0 bridgehead atoms. The van der Waals surface area contributed by atoms with Crippen molar-refractivity contribution in [1.82, 2.24) is 5.32 Å². The van der Waals surface area contributed by atoms with E-state index in [-0.39, 0.29) is 18.3 Å². The summed E-state index contributed by atoms with van der Waals surface area (Å²) >= 11 is 2.21. The van der Waals surface area contributed by atoms with E-state index >= 15 is 0 Å². The van der Waals surface area contributed by atoms with Crippen LogP contribution in [-0.2, 0) is 9.53 Å². The number of carbonyl (C=O) groups excluding carboxylic acids is 1. The number of anilines is 1. The highest BCUT2D eigenvalue weighted by molar-refractivity contribution is 14.1. The summed E-state index contributed by atoms with van der Waals surface area (Å²) < 4.78 is 5.96. The van der Waals surface area contributed by atoms with Gasteiger partial charge in [0.25, 0.3) is 0 Å². The van der Waals surface area contributed by atoms with E-state index in [1.54, 1.807) is 7.11 Å². The molecule has 0 fully saturated rings. The minimum atomic E-state index is -0.0434. The van der Waals surface area contributed by atoms with E-state index in [2.05, 4.69) is 33.2 Å². The molecule has 0 heterocycles. The van der Waals surface area contributed by atoms with E-state index in [1.807, 2.05) is 24.3 Å². The van der Waals surface area contributed by atoms with Crippen molar-refractivity contribution in [2.75, 3.05) is 32.1 Å². The first-order valence-corrected chi connectivity index (χ1v) is 6.05. The number of methoxy groups -OCH3 is 1. The predicted octanol–water partition coefficient (Wildman–Crippen LogP) is 1.89. The van der Waals surface area contributed by atoms with Crippen molar-refractivity contribution in [1.29, 1.82) is 0 Å². The van der Waals surface area contributed by atoms with Gasteiger partial charge in [0.2, 0.25) is 5.91 Å². The van der Waals surface area contributed by atoms with E-state index in [9.17, 15) is 4.79 Å². The van der Waals surface area contributed by atoms with Gasteiger partial charge in [-0.15, -0.1) is 12.4 Å². The highest BCUT2D eigenvalue weighted by atomic mass is 127.